The molecule has 0 aliphatic rings. The Morgan fingerprint density at radius 2 is 2.12 bits per heavy atom. The topological polar surface area (TPSA) is 68.0 Å². The predicted molar refractivity (Wildman–Crippen MR) is 58.8 cm³/mol. The Morgan fingerprint density at radius 1 is 1.47 bits per heavy atom. The van der Waals surface area contributed by atoms with Crippen LogP contribution < -0.4 is 4.43 Å². The Hall–Kier alpha value is -2.24. The maximum absolute atomic E-state index is 13.0. The summed E-state index contributed by atoms with van der Waals surface area (Å²) in [6.45, 7) is 2.55. The van der Waals surface area contributed by atoms with E-state index in [0.29, 0.717) is 9.16 Å². The van der Waals surface area contributed by atoms with Gasteiger partial charge in [0.1, 0.15) is 11.3 Å². The number of rotatable bonds is 1. The van der Waals surface area contributed by atoms with E-state index >= 15 is 0 Å². The van der Waals surface area contributed by atoms with Gasteiger partial charge in [-0.1, -0.05) is 0 Å². The molecular weight excluding hydrogens is 227 g/mol. The molecule has 5 nitrogen and oxygen atoms in total. The summed E-state index contributed by atoms with van der Waals surface area (Å²) in [7, 11) is 0. The molecule has 1 heterocycles. The largest absolute Gasteiger partial charge is 0.805 e. The average Bonchev–Trinajstić information content (AvgIpc) is 2.25. The number of nitrogens with zero attached hydrogens (tertiary/aromatic N) is 2. The number of aromatic nitrogens is 2. The third-order valence-corrected chi connectivity index (χ3v) is 2.56. The summed E-state index contributed by atoms with van der Waals surface area (Å²) in [5.41, 5.74) is -0.385. The molecule has 1 aromatic heterocycles. The van der Waals surface area contributed by atoms with E-state index in [1.54, 1.807) is 0 Å². The summed E-state index contributed by atoms with van der Waals surface area (Å²) in [4.78, 5) is 23.2. The van der Waals surface area contributed by atoms with Crippen molar-refractivity contribution in [1.82, 2.24) is 4.73 Å². The standard InChI is InChI=1S/C11H9FN2O3/c1-6-11(7(2)15)14(17)9-4-3-8(12)5-10(9)13(6)16/h3-5H,1-2H3. The lowest BCUT2D eigenvalue weighted by atomic mass is 10.2. The first kappa shape index (κ1) is 11.3. The summed E-state index contributed by atoms with van der Waals surface area (Å²) < 4.78 is 13.8. The van der Waals surface area contributed by atoms with Gasteiger partial charge in [-0.2, -0.15) is 0 Å². The van der Waals surface area contributed by atoms with Crippen molar-refractivity contribution < 1.29 is 13.6 Å². The third-order valence-electron chi connectivity index (χ3n) is 2.56. The molecule has 0 aliphatic carbocycles. The van der Waals surface area contributed by atoms with Crippen LogP contribution in [0.1, 0.15) is 23.1 Å². The minimum Gasteiger partial charge on any atom is -0.805 e. The van der Waals surface area contributed by atoms with E-state index < -0.39 is 11.6 Å². The Balaban J connectivity index is 3.05. The predicted octanol–water partition coefficient (Wildman–Crippen LogP) is 1.55. The molecular formula is C11H9FN2O3. The van der Waals surface area contributed by atoms with Gasteiger partial charge in [0.2, 0.25) is 5.78 Å². The molecule has 0 aliphatic heterocycles. The zero-order valence-corrected chi connectivity index (χ0v) is 9.23. The molecule has 0 radical (unpaired) electrons. The second-order valence-electron chi connectivity index (χ2n) is 3.71. The molecule has 0 fully saturated rings. The molecule has 2 aromatic rings. The fraction of sp³-hybridized carbons (Fsp3) is 0.182. The summed E-state index contributed by atoms with van der Waals surface area (Å²) in [6, 6.07) is 3.21. The highest BCUT2D eigenvalue weighted by Gasteiger charge is 2.23. The Kier molecular flexibility index (Phi) is 2.42. The highest BCUT2D eigenvalue weighted by molar-refractivity contribution is 5.92. The summed E-state index contributed by atoms with van der Waals surface area (Å²) in [6.07, 6.45) is 0. The van der Waals surface area contributed by atoms with Gasteiger partial charge >= 0.3 is 5.69 Å². The number of halogens is 1. The second-order valence-corrected chi connectivity index (χ2v) is 3.71. The molecule has 0 spiro atoms. The quantitative estimate of drug-likeness (QED) is 0.557. The van der Waals surface area contributed by atoms with Crippen LogP contribution in [0.25, 0.3) is 11.0 Å². The van der Waals surface area contributed by atoms with E-state index in [4.69, 9.17) is 0 Å². The van der Waals surface area contributed by atoms with Crippen molar-refractivity contribution in [2.45, 2.75) is 13.8 Å². The molecule has 0 saturated heterocycles. The van der Waals surface area contributed by atoms with E-state index in [0.717, 1.165) is 12.1 Å². The van der Waals surface area contributed by atoms with Gasteiger partial charge in [0.05, 0.1) is 10.1 Å². The minimum atomic E-state index is -0.614. The highest BCUT2D eigenvalue weighted by Crippen LogP contribution is 2.15. The van der Waals surface area contributed by atoms with Crippen molar-refractivity contribution in [2.24, 2.45) is 0 Å². The summed E-state index contributed by atoms with van der Waals surface area (Å²) >= 11 is 0. The molecule has 6 heteroatoms. The Morgan fingerprint density at radius 3 is 2.71 bits per heavy atom. The van der Waals surface area contributed by atoms with Crippen LogP contribution in [0.2, 0.25) is 0 Å². The van der Waals surface area contributed by atoms with E-state index in [1.165, 1.54) is 19.9 Å². The SMILES string of the molecule is CC(=O)c1c(C)n([O-])c2cc(F)ccc2[n+]1=O. The lowest BCUT2D eigenvalue weighted by Gasteiger charge is -2.15. The van der Waals surface area contributed by atoms with Gasteiger partial charge in [0.15, 0.2) is 0 Å². The molecule has 0 saturated carbocycles. The maximum atomic E-state index is 13.0. The van der Waals surface area contributed by atoms with Crippen LogP contribution in [-0.4, -0.2) is 10.5 Å². The number of carbonyl (C=O) groups is 1. The number of hydrogen-bond acceptors (Lipinski definition) is 3. The van der Waals surface area contributed by atoms with Crippen LogP contribution in [0, 0.1) is 22.9 Å². The molecule has 0 unspecified atom stereocenters. The number of benzene rings is 1. The smallest absolute Gasteiger partial charge is 0.324 e. The van der Waals surface area contributed by atoms with E-state index in [-0.39, 0.29) is 22.4 Å². The number of carbonyl (C=O) groups excluding carboxylic acids is 1. The van der Waals surface area contributed by atoms with Crippen molar-refractivity contribution in [3.05, 3.63) is 45.5 Å². The fourth-order valence-electron chi connectivity index (χ4n) is 1.77. The number of fused-ring (bicyclic) bond motifs is 1. The first-order valence-corrected chi connectivity index (χ1v) is 4.89. The molecule has 2 rings (SSSR count). The average molecular weight is 236 g/mol. The second kappa shape index (κ2) is 3.65. The van der Waals surface area contributed by atoms with Gasteiger partial charge in [0.25, 0.3) is 5.52 Å². The first-order chi connectivity index (χ1) is 7.93. The van der Waals surface area contributed by atoms with Crippen molar-refractivity contribution >= 4 is 16.8 Å². The monoisotopic (exact) mass is 236 g/mol. The van der Waals surface area contributed by atoms with Gasteiger partial charge in [-0.05, 0) is 13.0 Å². The van der Waals surface area contributed by atoms with Crippen LogP contribution in [0.5, 0.6) is 0 Å². The van der Waals surface area contributed by atoms with Crippen molar-refractivity contribution in [3.63, 3.8) is 0 Å². The molecule has 0 N–H and O–H groups in total. The summed E-state index contributed by atoms with van der Waals surface area (Å²) in [5.74, 6) is -1.12. The van der Waals surface area contributed by atoms with Crippen LogP contribution in [-0.2, 0) is 0 Å². The zero-order valence-electron chi connectivity index (χ0n) is 9.23. The fourth-order valence-corrected chi connectivity index (χ4v) is 1.77. The van der Waals surface area contributed by atoms with E-state index in [1.807, 2.05) is 0 Å². The molecule has 0 atom stereocenters. The van der Waals surface area contributed by atoms with Gasteiger partial charge in [-0.3, -0.25) is 4.79 Å². The molecule has 1 aromatic carbocycles. The normalized spacial score (nSPS) is 10.8. The lowest BCUT2D eigenvalue weighted by molar-refractivity contribution is -0.468. The van der Waals surface area contributed by atoms with Gasteiger partial charge in [-0.15, -0.1) is 0 Å². The zero-order chi connectivity index (χ0) is 12.7. The van der Waals surface area contributed by atoms with E-state index in [9.17, 15) is 19.3 Å². The van der Waals surface area contributed by atoms with Crippen molar-refractivity contribution in [1.29, 1.82) is 0 Å². The minimum absolute atomic E-state index is 0.0304. The number of Topliss-reactive ketones (excluding diaryl/α,β-unsaturated/α-hetero) is 1. The van der Waals surface area contributed by atoms with Crippen LogP contribution >= 0.6 is 0 Å². The molecule has 0 bridgehead atoms. The van der Waals surface area contributed by atoms with Gasteiger partial charge in [0, 0.05) is 24.0 Å². The van der Waals surface area contributed by atoms with Gasteiger partial charge < -0.3 is 9.94 Å². The summed E-state index contributed by atoms with van der Waals surface area (Å²) in [5, 5.41) is 11.8. The van der Waals surface area contributed by atoms with Crippen molar-refractivity contribution in [2.75, 3.05) is 0 Å². The van der Waals surface area contributed by atoms with Crippen molar-refractivity contribution in [3.8, 4) is 0 Å². The van der Waals surface area contributed by atoms with E-state index in [2.05, 4.69) is 0 Å². The van der Waals surface area contributed by atoms with Crippen LogP contribution in [0.4, 0.5) is 4.39 Å². The Bertz CT molecular complexity index is 691. The molecule has 17 heavy (non-hydrogen) atoms. The maximum Gasteiger partial charge on any atom is 0.324 e. The third kappa shape index (κ3) is 1.57. The first-order valence-electron chi connectivity index (χ1n) is 4.89. The molecule has 0 amide bonds. The number of hydrogen-bond donors (Lipinski definition) is 0. The Labute approximate surface area is 95.3 Å². The van der Waals surface area contributed by atoms with Crippen LogP contribution in [0.3, 0.4) is 0 Å². The molecule has 88 valence electrons. The van der Waals surface area contributed by atoms with Gasteiger partial charge in [-0.25, -0.2) is 4.39 Å². The lowest BCUT2D eigenvalue weighted by Crippen LogP contribution is -2.29. The number of ketones is 1. The van der Waals surface area contributed by atoms with Crippen LogP contribution in [0.15, 0.2) is 18.2 Å². The highest BCUT2D eigenvalue weighted by atomic mass is 19.1.